The van der Waals surface area contributed by atoms with Crippen LogP contribution in [0.4, 0.5) is 11.4 Å². The van der Waals surface area contributed by atoms with Gasteiger partial charge in [-0.15, -0.1) is 0 Å². The van der Waals surface area contributed by atoms with Crippen molar-refractivity contribution in [2.45, 2.75) is 38.9 Å². The average Bonchev–Trinajstić information content (AvgIpc) is 3.22. The zero-order chi connectivity index (χ0) is 21.9. The zero-order valence-electron chi connectivity index (χ0n) is 16.7. The molecule has 6 nitrogen and oxygen atoms in total. The topological polar surface area (TPSA) is 84.5 Å². The van der Waals surface area contributed by atoms with Crippen molar-refractivity contribution < 1.29 is 17.9 Å². The Morgan fingerprint density at radius 1 is 1.10 bits per heavy atom. The maximum Gasteiger partial charge on any atom is 0.265 e. The van der Waals surface area contributed by atoms with E-state index >= 15 is 0 Å². The normalized spacial score (nSPS) is 15.1. The molecule has 0 aromatic heterocycles. The van der Waals surface area contributed by atoms with Crippen LogP contribution < -0.4 is 14.8 Å². The van der Waals surface area contributed by atoms with Crippen LogP contribution >= 0.6 is 45.2 Å². The largest absolute Gasteiger partial charge is 0.495 e. The molecule has 0 unspecified atom stereocenters. The first-order valence-electron chi connectivity index (χ1n) is 9.60. The van der Waals surface area contributed by atoms with Crippen molar-refractivity contribution in [2.24, 2.45) is 5.92 Å². The zero-order valence-corrected chi connectivity index (χ0v) is 21.9. The number of nitrogens with one attached hydrogen (secondary N) is 2. The van der Waals surface area contributed by atoms with E-state index in [0.717, 1.165) is 31.2 Å². The maximum atomic E-state index is 13.0. The number of halogens is 2. The van der Waals surface area contributed by atoms with E-state index in [1.165, 1.54) is 13.2 Å². The van der Waals surface area contributed by atoms with Crippen LogP contribution in [0.3, 0.4) is 0 Å². The fourth-order valence-corrected chi connectivity index (χ4v) is 5.34. The van der Waals surface area contributed by atoms with Crippen LogP contribution in [0.5, 0.6) is 5.75 Å². The van der Waals surface area contributed by atoms with Crippen molar-refractivity contribution in [1.82, 2.24) is 0 Å². The summed E-state index contributed by atoms with van der Waals surface area (Å²) in [5.74, 6) is 0.172. The first-order chi connectivity index (χ1) is 14.1. The Morgan fingerprint density at radius 3 is 2.43 bits per heavy atom. The standard InChI is InChI=1S/C21H24I2N2O4S/c1-21(22,23)15-8-5-9-17(12-15)25-30(27,28)19-11-10-16(13-18(19)29-2)24-20(26)14-6-3-4-7-14/h5,8-14,25H,3-4,6-7H2,1-2H3,(H,24,26). The number of benzene rings is 2. The highest BCUT2D eigenvalue weighted by atomic mass is 127. The molecule has 0 spiro atoms. The molecule has 0 saturated heterocycles. The van der Waals surface area contributed by atoms with Gasteiger partial charge < -0.3 is 10.1 Å². The first kappa shape index (κ1) is 23.6. The predicted octanol–water partition coefficient (Wildman–Crippen LogP) is 5.67. The van der Waals surface area contributed by atoms with Crippen LogP contribution in [0, 0.1) is 5.92 Å². The number of sulfonamides is 1. The molecule has 1 saturated carbocycles. The monoisotopic (exact) mass is 654 g/mol. The molecule has 0 aliphatic heterocycles. The van der Waals surface area contributed by atoms with Crippen LogP contribution in [-0.2, 0) is 16.2 Å². The highest BCUT2D eigenvalue weighted by molar-refractivity contribution is 14.2. The molecule has 1 fully saturated rings. The third-order valence-corrected chi connectivity index (χ3v) is 7.73. The average molecular weight is 654 g/mol. The Morgan fingerprint density at radius 2 is 1.80 bits per heavy atom. The summed E-state index contributed by atoms with van der Waals surface area (Å²) in [5.41, 5.74) is 2.00. The van der Waals surface area contributed by atoms with Gasteiger partial charge in [0.15, 0.2) is 0 Å². The van der Waals surface area contributed by atoms with Gasteiger partial charge in [-0.25, -0.2) is 8.42 Å². The van der Waals surface area contributed by atoms with Gasteiger partial charge in [0.2, 0.25) is 5.91 Å². The highest BCUT2D eigenvalue weighted by Crippen LogP contribution is 2.39. The molecule has 1 aliphatic carbocycles. The van der Waals surface area contributed by atoms with E-state index in [1.54, 1.807) is 18.2 Å². The van der Waals surface area contributed by atoms with Gasteiger partial charge in [-0.1, -0.05) is 70.2 Å². The molecule has 2 aromatic carbocycles. The van der Waals surface area contributed by atoms with Gasteiger partial charge in [0.25, 0.3) is 10.0 Å². The lowest BCUT2D eigenvalue weighted by Gasteiger charge is -2.17. The van der Waals surface area contributed by atoms with E-state index in [1.807, 2.05) is 25.1 Å². The van der Waals surface area contributed by atoms with Gasteiger partial charge in [-0.2, -0.15) is 0 Å². The summed E-state index contributed by atoms with van der Waals surface area (Å²) >= 11 is 4.60. The van der Waals surface area contributed by atoms with Gasteiger partial charge in [-0.3, -0.25) is 9.52 Å². The summed E-state index contributed by atoms with van der Waals surface area (Å²) in [6.45, 7) is 2.04. The number of amides is 1. The number of alkyl halides is 2. The van der Waals surface area contributed by atoms with Crippen molar-refractivity contribution in [1.29, 1.82) is 0 Å². The summed E-state index contributed by atoms with van der Waals surface area (Å²) in [5, 5.41) is 2.88. The SMILES string of the molecule is COc1cc(NC(=O)C2CCCC2)ccc1S(=O)(=O)Nc1cccc(C(C)(I)I)c1. The Labute approximate surface area is 204 Å². The third kappa shape index (κ3) is 5.78. The molecule has 1 aliphatic rings. The summed E-state index contributed by atoms with van der Waals surface area (Å²) in [6, 6.07) is 11.9. The number of carbonyl (C=O) groups excluding carboxylic acids is 1. The molecular weight excluding hydrogens is 630 g/mol. The molecule has 0 radical (unpaired) electrons. The summed E-state index contributed by atoms with van der Waals surface area (Å²) in [4.78, 5) is 12.4. The van der Waals surface area contributed by atoms with Crippen molar-refractivity contribution >= 4 is 72.5 Å². The van der Waals surface area contributed by atoms with Gasteiger partial charge in [0, 0.05) is 23.4 Å². The minimum atomic E-state index is -3.87. The van der Waals surface area contributed by atoms with Crippen molar-refractivity contribution in [2.75, 3.05) is 17.1 Å². The molecule has 9 heteroatoms. The Hall–Kier alpha value is -1.08. The van der Waals surface area contributed by atoms with Gasteiger partial charge in [0.1, 0.15) is 10.6 Å². The molecule has 2 aromatic rings. The number of hydrogen-bond donors (Lipinski definition) is 2. The number of methoxy groups -OCH3 is 1. The van der Waals surface area contributed by atoms with E-state index in [0.29, 0.717) is 11.4 Å². The van der Waals surface area contributed by atoms with Crippen LogP contribution in [0.2, 0.25) is 0 Å². The molecule has 30 heavy (non-hydrogen) atoms. The maximum absolute atomic E-state index is 13.0. The lowest BCUT2D eigenvalue weighted by Crippen LogP contribution is -2.20. The minimum Gasteiger partial charge on any atom is -0.495 e. The second kappa shape index (κ2) is 9.60. The van der Waals surface area contributed by atoms with Gasteiger partial charge in [-0.05, 0) is 49.6 Å². The lowest BCUT2D eigenvalue weighted by atomic mass is 10.1. The molecule has 0 bridgehead atoms. The number of carbonyl (C=O) groups is 1. The molecule has 1 amide bonds. The van der Waals surface area contributed by atoms with E-state index < -0.39 is 10.0 Å². The Kier molecular flexibility index (Phi) is 7.54. The van der Waals surface area contributed by atoms with Gasteiger partial charge in [0.05, 0.1) is 8.54 Å². The molecule has 0 atom stereocenters. The highest BCUT2D eigenvalue weighted by Gasteiger charge is 2.25. The second-order valence-electron chi connectivity index (χ2n) is 7.41. The number of anilines is 2. The summed E-state index contributed by atoms with van der Waals surface area (Å²) < 4.78 is 33.8. The summed E-state index contributed by atoms with van der Waals surface area (Å²) in [6.07, 6.45) is 3.93. The minimum absolute atomic E-state index is 0.0148. The third-order valence-electron chi connectivity index (χ3n) is 5.07. The number of ether oxygens (including phenoxy) is 1. The Bertz CT molecular complexity index is 1030. The van der Waals surface area contributed by atoms with Crippen molar-refractivity contribution in [3.8, 4) is 5.75 Å². The predicted molar refractivity (Wildman–Crippen MR) is 136 cm³/mol. The summed E-state index contributed by atoms with van der Waals surface area (Å²) in [7, 11) is -2.46. The number of hydrogen-bond acceptors (Lipinski definition) is 4. The lowest BCUT2D eigenvalue weighted by molar-refractivity contribution is -0.119. The molecule has 0 heterocycles. The van der Waals surface area contributed by atoms with Crippen LogP contribution in [0.25, 0.3) is 0 Å². The molecule has 2 N–H and O–H groups in total. The Balaban J connectivity index is 1.82. The van der Waals surface area contributed by atoms with Crippen LogP contribution in [0.1, 0.15) is 38.2 Å². The second-order valence-corrected chi connectivity index (χ2v) is 15.4. The molecule has 3 rings (SSSR count). The van der Waals surface area contributed by atoms with Crippen molar-refractivity contribution in [3.05, 3.63) is 48.0 Å². The molecule has 162 valence electrons. The van der Waals surface area contributed by atoms with Gasteiger partial charge >= 0.3 is 0 Å². The van der Waals surface area contributed by atoms with Crippen LogP contribution in [0.15, 0.2) is 47.4 Å². The quantitative estimate of drug-likeness (QED) is 0.298. The fraction of sp³-hybridized carbons (Fsp3) is 0.381. The van der Waals surface area contributed by atoms with Crippen LogP contribution in [-0.4, -0.2) is 21.4 Å². The first-order valence-corrected chi connectivity index (χ1v) is 13.2. The van der Waals surface area contributed by atoms with E-state index in [-0.39, 0.29) is 23.9 Å². The van der Waals surface area contributed by atoms with E-state index in [9.17, 15) is 13.2 Å². The van der Waals surface area contributed by atoms with Crippen molar-refractivity contribution in [3.63, 3.8) is 0 Å². The van der Waals surface area contributed by atoms with E-state index in [4.69, 9.17) is 4.74 Å². The fourth-order valence-electron chi connectivity index (χ4n) is 3.47. The molecular formula is C21H24I2N2O4S. The smallest absolute Gasteiger partial charge is 0.265 e. The number of rotatable bonds is 7. The van der Waals surface area contributed by atoms with E-state index in [2.05, 4.69) is 55.2 Å².